The molecule has 0 aliphatic carbocycles. The summed E-state index contributed by atoms with van der Waals surface area (Å²) >= 11 is 0. The van der Waals surface area contributed by atoms with Crippen molar-refractivity contribution >= 4 is 22.6 Å². The third-order valence-electron chi connectivity index (χ3n) is 5.05. The van der Waals surface area contributed by atoms with Gasteiger partial charge in [0.25, 0.3) is 5.91 Å². The maximum Gasteiger partial charge on any atom is 0.321 e. The molecular formula is C22H25N5O3. The third kappa shape index (κ3) is 4.12. The summed E-state index contributed by atoms with van der Waals surface area (Å²) in [5.74, 6) is 1.36. The fourth-order valence-corrected chi connectivity index (χ4v) is 3.62. The fourth-order valence-electron chi connectivity index (χ4n) is 3.62. The fraction of sp³-hybridized carbons (Fsp3) is 0.364. The number of ether oxygens (including phenoxy) is 2. The lowest BCUT2D eigenvalue weighted by Gasteiger charge is -2.16. The minimum absolute atomic E-state index is 0.160. The van der Waals surface area contributed by atoms with Crippen LogP contribution in [0.1, 0.15) is 35.9 Å². The van der Waals surface area contributed by atoms with E-state index in [0.29, 0.717) is 29.7 Å². The van der Waals surface area contributed by atoms with E-state index in [-0.39, 0.29) is 18.5 Å². The van der Waals surface area contributed by atoms with Crippen molar-refractivity contribution in [2.24, 2.45) is 0 Å². The molecule has 0 unspecified atom stereocenters. The van der Waals surface area contributed by atoms with Crippen LogP contribution < -0.4 is 19.7 Å². The molecule has 1 N–H and O–H groups in total. The van der Waals surface area contributed by atoms with Gasteiger partial charge in [-0.1, -0.05) is 30.3 Å². The number of fused-ring (bicyclic) bond motifs is 1. The summed E-state index contributed by atoms with van der Waals surface area (Å²) in [7, 11) is 1.52. The molecule has 30 heavy (non-hydrogen) atoms. The zero-order chi connectivity index (χ0) is 20.9. The summed E-state index contributed by atoms with van der Waals surface area (Å²) in [4.78, 5) is 28.4. The van der Waals surface area contributed by atoms with E-state index in [1.807, 2.05) is 43.3 Å². The molecule has 1 amide bonds. The van der Waals surface area contributed by atoms with Crippen molar-refractivity contribution in [3.8, 4) is 11.8 Å². The lowest BCUT2D eigenvalue weighted by atomic mass is 10.0. The minimum Gasteiger partial charge on any atom is -0.493 e. The van der Waals surface area contributed by atoms with E-state index in [0.717, 1.165) is 36.7 Å². The predicted octanol–water partition coefficient (Wildman–Crippen LogP) is 2.96. The number of rotatable bonds is 7. The molecule has 0 radical (unpaired) electrons. The number of methoxy groups -OCH3 is 1. The van der Waals surface area contributed by atoms with Gasteiger partial charge in [0.2, 0.25) is 5.95 Å². The van der Waals surface area contributed by atoms with Crippen LogP contribution >= 0.6 is 0 Å². The molecule has 2 aromatic carbocycles. The summed E-state index contributed by atoms with van der Waals surface area (Å²) in [6.45, 7) is 4.35. The Morgan fingerprint density at radius 3 is 2.67 bits per heavy atom. The Balaban J connectivity index is 1.59. The van der Waals surface area contributed by atoms with Crippen LogP contribution in [0.3, 0.4) is 0 Å². The van der Waals surface area contributed by atoms with Crippen molar-refractivity contribution in [2.75, 3.05) is 31.7 Å². The van der Waals surface area contributed by atoms with Crippen molar-refractivity contribution in [2.45, 2.75) is 26.3 Å². The molecule has 8 nitrogen and oxygen atoms in total. The monoisotopic (exact) mass is 407 g/mol. The van der Waals surface area contributed by atoms with Crippen LogP contribution in [0.4, 0.5) is 5.95 Å². The first-order chi connectivity index (χ1) is 14.7. The molecule has 0 bridgehead atoms. The van der Waals surface area contributed by atoms with Crippen LogP contribution in [0.2, 0.25) is 0 Å². The van der Waals surface area contributed by atoms with Crippen LogP contribution in [0.25, 0.3) is 10.8 Å². The van der Waals surface area contributed by atoms with Gasteiger partial charge in [-0.2, -0.15) is 15.0 Å². The number of nitrogens with zero attached hydrogens (tertiary/aromatic N) is 4. The lowest BCUT2D eigenvalue weighted by Crippen LogP contribution is -2.27. The Hall–Kier alpha value is -3.42. The number of anilines is 1. The lowest BCUT2D eigenvalue weighted by molar-refractivity contribution is 0.0947. The van der Waals surface area contributed by atoms with E-state index in [1.165, 1.54) is 7.11 Å². The van der Waals surface area contributed by atoms with Gasteiger partial charge in [-0.3, -0.25) is 4.79 Å². The molecule has 156 valence electrons. The number of carbonyl (C=O) groups excluding carboxylic acids is 1. The normalized spacial score (nSPS) is 13.5. The van der Waals surface area contributed by atoms with Crippen LogP contribution in [0, 0.1) is 0 Å². The highest BCUT2D eigenvalue weighted by Crippen LogP contribution is 2.28. The van der Waals surface area contributed by atoms with Gasteiger partial charge in [0, 0.05) is 13.1 Å². The number of nitrogens with one attached hydrogen (secondary N) is 1. The highest BCUT2D eigenvalue weighted by Gasteiger charge is 2.20. The summed E-state index contributed by atoms with van der Waals surface area (Å²) in [6, 6.07) is 11.8. The van der Waals surface area contributed by atoms with Crippen LogP contribution in [0.5, 0.6) is 11.8 Å². The quantitative estimate of drug-likeness (QED) is 0.644. The maximum atomic E-state index is 13.1. The molecule has 0 atom stereocenters. The summed E-state index contributed by atoms with van der Waals surface area (Å²) in [6.07, 6.45) is 2.22. The predicted molar refractivity (Wildman–Crippen MR) is 114 cm³/mol. The first kappa shape index (κ1) is 19.9. The van der Waals surface area contributed by atoms with Gasteiger partial charge in [-0.05, 0) is 36.6 Å². The number of aromatic nitrogens is 3. The van der Waals surface area contributed by atoms with Gasteiger partial charge in [0.15, 0.2) is 5.82 Å². The van der Waals surface area contributed by atoms with E-state index in [1.54, 1.807) is 0 Å². The largest absolute Gasteiger partial charge is 0.493 e. The van der Waals surface area contributed by atoms with Crippen molar-refractivity contribution in [3.05, 3.63) is 47.8 Å². The third-order valence-corrected chi connectivity index (χ3v) is 5.05. The molecule has 2 heterocycles. The van der Waals surface area contributed by atoms with Crippen molar-refractivity contribution < 1.29 is 14.3 Å². The molecule has 1 aliphatic heterocycles. The average Bonchev–Trinajstić information content (AvgIpc) is 3.32. The number of benzene rings is 2. The molecule has 3 aromatic rings. The highest BCUT2D eigenvalue weighted by molar-refractivity contribution is 6.09. The topological polar surface area (TPSA) is 89.5 Å². The smallest absolute Gasteiger partial charge is 0.321 e. The Bertz CT molecular complexity index is 1050. The molecule has 8 heteroatoms. The van der Waals surface area contributed by atoms with E-state index in [9.17, 15) is 4.79 Å². The molecule has 0 saturated carbocycles. The zero-order valence-electron chi connectivity index (χ0n) is 17.2. The van der Waals surface area contributed by atoms with E-state index < -0.39 is 0 Å². The van der Waals surface area contributed by atoms with E-state index >= 15 is 0 Å². The molecule has 1 aliphatic rings. The molecule has 0 spiro atoms. The number of amides is 1. The minimum atomic E-state index is -0.239. The number of carbonyl (C=O) groups is 1. The Morgan fingerprint density at radius 2 is 1.90 bits per heavy atom. The second kappa shape index (κ2) is 8.94. The molecule has 4 rings (SSSR count). The van der Waals surface area contributed by atoms with Gasteiger partial charge < -0.3 is 19.7 Å². The summed E-state index contributed by atoms with van der Waals surface area (Å²) in [5, 5.41) is 4.75. The van der Waals surface area contributed by atoms with Gasteiger partial charge in [0.05, 0.1) is 25.8 Å². The van der Waals surface area contributed by atoms with Crippen LogP contribution in [-0.2, 0) is 6.54 Å². The Kier molecular flexibility index (Phi) is 5.92. The standard InChI is InChI=1S/C22H25N5O3/c1-3-30-17-11-10-15-8-4-5-9-16(15)19(17)20(28)23-14-18-24-21(26-22(25-18)29-2)27-12-6-7-13-27/h4-5,8-11H,3,6-7,12-14H2,1-2H3,(H,23,28). The van der Waals surface area contributed by atoms with Gasteiger partial charge >= 0.3 is 6.01 Å². The van der Waals surface area contributed by atoms with Gasteiger partial charge in [-0.25, -0.2) is 0 Å². The number of hydrogen-bond donors (Lipinski definition) is 1. The van der Waals surface area contributed by atoms with Crippen LogP contribution in [0.15, 0.2) is 36.4 Å². The van der Waals surface area contributed by atoms with Crippen LogP contribution in [-0.4, -0.2) is 47.7 Å². The SMILES string of the molecule is CCOc1ccc2ccccc2c1C(=O)NCc1nc(OC)nc(N2CCCC2)n1. The molecule has 1 fully saturated rings. The Labute approximate surface area is 175 Å². The van der Waals surface area contributed by atoms with E-state index in [4.69, 9.17) is 9.47 Å². The van der Waals surface area contributed by atoms with Crippen molar-refractivity contribution in [1.82, 2.24) is 20.3 Å². The number of hydrogen-bond acceptors (Lipinski definition) is 7. The molecular weight excluding hydrogens is 382 g/mol. The first-order valence-corrected chi connectivity index (χ1v) is 10.2. The second-order valence-corrected chi connectivity index (χ2v) is 7.01. The Morgan fingerprint density at radius 1 is 1.10 bits per heavy atom. The average molecular weight is 407 g/mol. The highest BCUT2D eigenvalue weighted by atomic mass is 16.5. The molecule has 1 aromatic heterocycles. The van der Waals surface area contributed by atoms with Crippen molar-refractivity contribution in [1.29, 1.82) is 0 Å². The van der Waals surface area contributed by atoms with E-state index in [2.05, 4.69) is 25.2 Å². The van der Waals surface area contributed by atoms with Gasteiger partial charge in [0.1, 0.15) is 5.75 Å². The summed E-state index contributed by atoms with van der Waals surface area (Å²) in [5.41, 5.74) is 0.510. The van der Waals surface area contributed by atoms with Crippen molar-refractivity contribution in [3.63, 3.8) is 0 Å². The maximum absolute atomic E-state index is 13.1. The van der Waals surface area contributed by atoms with Gasteiger partial charge in [-0.15, -0.1) is 0 Å². The second-order valence-electron chi connectivity index (χ2n) is 7.01. The zero-order valence-corrected chi connectivity index (χ0v) is 17.2. The molecule has 1 saturated heterocycles. The summed E-state index contributed by atoms with van der Waals surface area (Å²) < 4.78 is 10.9. The first-order valence-electron chi connectivity index (χ1n) is 10.2.